The Morgan fingerprint density at radius 2 is 1.92 bits per heavy atom. The van der Waals surface area contributed by atoms with Gasteiger partial charge in [0.25, 0.3) is 5.56 Å². The fourth-order valence-corrected chi connectivity index (χ4v) is 3.38. The van der Waals surface area contributed by atoms with Crippen molar-refractivity contribution >= 4 is 22.7 Å². The molecule has 0 radical (unpaired) electrons. The molecule has 6 nitrogen and oxygen atoms in total. The van der Waals surface area contributed by atoms with Gasteiger partial charge in [-0.3, -0.25) is 9.36 Å². The number of thioether (sulfide) groups is 1. The number of ether oxygens (including phenoxy) is 1. The summed E-state index contributed by atoms with van der Waals surface area (Å²) >= 11 is 1.21. The average molecular weight is 358 g/mol. The Hall–Kier alpha value is -2.35. The zero-order chi connectivity index (χ0) is 17.8. The number of aliphatic hydroxyl groups is 2. The number of hydrogen-bond acceptors (Lipinski definition) is 6. The lowest BCUT2D eigenvalue weighted by molar-refractivity contribution is 0.113. The van der Waals surface area contributed by atoms with Gasteiger partial charge in [0.1, 0.15) is 5.75 Å². The van der Waals surface area contributed by atoms with E-state index in [1.807, 2.05) is 18.2 Å². The predicted octanol–water partition coefficient (Wildman–Crippen LogP) is 1.84. The molecule has 0 saturated carbocycles. The minimum Gasteiger partial charge on any atom is -0.495 e. The van der Waals surface area contributed by atoms with Crippen LogP contribution in [-0.4, -0.2) is 45.3 Å². The van der Waals surface area contributed by atoms with Gasteiger partial charge in [0.2, 0.25) is 0 Å². The summed E-state index contributed by atoms with van der Waals surface area (Å²) in [6, 6.07) is 14.3. The van der Waals surface area contributed by atoms with Crippen molar-refractivity contribution in [3.05, 3.63) is 58.9 Å². The van der Waals surface area contributed by atoms with Gasteiger partial charge in [-0.1, -0.05) is 36.0 Å². The van der Waals surface area contributed by atoms with E-state index < -0.39 is 6.10 Å². The van der Waals surface area contributed by atoms with Crippen molar-refractivity contribution < 1.29 is 14.9 Å². The minimum atomic E-state index is -0.889. The monoisotopic (exact) mass is 358 g/mol. The number of methoxy groups -OCH3 is 1. The van der Waals surface area contributed by atoms with E-state index in [4.69, 9.17) is 9.84 Å². The normalized spacial score (nSPS) is 12.3. The Labute approximate surface area is 148 Å². The van der Waals surface area contributed by atoms with Gasteiger partial charge in [-0.05, 0) is 24.3 Å². The van der Waals surface area contributed by atoms with Crippen molar-refractivity contribution in [2.24, 2.45) is 0 Å². The maximum Gasteiger partial charge on any atom is 0.266 e. The first-order valence-corrected chi connectivity index (χ1v) is 8.71. The summed E-state index contributed by atoms with van der Waals surface area (Å²) in [4.78, 5) is 17.6. The van der Waals surface area contributed by atoms with Crippen LogP contribution in [0.4, 0.5) is 0 Å². The molecule has 1 heterocycles. The second kappa shape index (κ2) is 7.69. The Kier molecular flexibility index (Phi) is 5.37. The third kappa shape index (κ3) is 3.53. The van der Waals surface area contributed by atoms with Crippen LogP contribution in [0.15, 0.2) is 58.5 Å². The smallest absolute Gasteiger partial charge is 0.266 e. The maximum atomic E-state index is 13.1. The summed E-state index contributed by atoms with van der Waals surface area (Å²) in [6.07, 6.45) is -0.889. The van der Waals surface area contributed by atoms with Crippen molar-refractivity contribution in [1.82, 2.24) is 9.55 Å². The molecule has 0 saturated heterocycles. The van der Waals surface area contributed by atoms with Crippen LogP contribution in [0.2, 0.25) is 0 Å². The highest BCUT2D eigenvalue weighted by atomic mass is 32.2. The summed E-state index contributed by atoms with van der Waals surface area (Å²) in [5.41, 5.74) is 0.949. The van der Waals surface area contributed by atoms with Crippen molar-refractivity contribution in [3.8, 4) is 11.4 Å². The van der Waals surface area contributed by atoms with E-state index in [1.165, 1.54) is 16.3 Å². The van der Waals surface area contributed by atoms with Gasteiger partial charge in [-0.15, -0.1) is 0 Å². The number of hydrogen-bond donors (Lipinski definition) is 2. The molecule has 0 fully saturated rings. The van der Waals surface area contributed by atoms with Crippen molar-refractivity contribution in [2.45, 2.75) is 11.3 Å². The maximum absolute atomic E-state index is 13.1. The van der Waals surface area contributed by atoms with Gasteiger partial charge in [0, 0.05) is 5.75 Å². The molecule has 0 aliphatic heterocycles. The number of fused-ring (bicyclic) bond motifs is 1. The number of benzene rings is 2. The van der Waals surface area contributed by atoms with Crippen LogP contribution in [-0.2, 0) is 0 Å². The van der Waals surface area contributed by atoms with E-state index in [1.54, 1.807) is 37.4 Å². The topological polar surface area (TPSA) is 84.6 Å². The summed E-state index contributed by atoms with van der Waals surface area (Å²) < 4.78 is 6.86. The van der Waals surface area contributed by atoms with Crippen LogP contribution < -0.4 is 10.3 Å². The summed E-state index contributed by atoms with van der Waals surface area (Å²) in [6.45, 7) is -0.348. The second-order valence-electron chi connectivity index (χ2n) is 5.37. The molecular weight excluding hydrogens is 340 g/mol. The fourth-order valence-electron chi connectivity index (χ4n) is 2.46. The molecule has 130 valence electrons. The average Bonchev–Trinajstić information content (AvgIpc) is 2.66. The van der Waals surface area contributed by atoms with Gasteiger partial charge >= 0.3 is 0 Å². The highest BCUT2D eigenvalue weighted by molar-refractivity contribution is 7.99. The highest BCUT2D eigenvalue weighted by Gasteiger charge is 2.17. The molecule has 1 atom stereocenters. The molecule has 0 aliphatic carbocycles. The molecule has 1 aromatic heterocycles. The molecule has 3 aromatic rings. The number of para-hydroxylation sites is 3. The molecule has 2 aromatic carbocycles. The van der Waals surface area contributed by atoms with Crippen molar-refractivity contribution in [1.29, 1.82) is 0 Å². The lowest BCUT2D eigenvalue weighted by Crippen LogP contribution is -2.23. The minimum absolute atomic E-state index is 0.212. The van der Waals surface area contributed by atoms with Crippen LogP contribution >= 0.6 is 11.8 Å². The first kappa shape index (κ1) is 17.5. The highest BCUT2D eigenvalue weighted by Crippen LogP contribution is 2.27. The predicted molar refractivity (Wildman–Crippen MR) is 97.7 cm³/mol. The number of rotatable bonds is 6. The lowest BCUT2D eigenvalue weighted by Gasteiger charge is -2.16. The van der Waals surface area contributed by atoms with Crippen molar-refractivity contribution in [2.75, 3.05) is 19.5 Å². The molecule has 0 spiro atoms. The molecule has 0 amide bonds. The number of aromatic nitrogens is 2. The molecule has 3 rings (SSSR count). The van der Waals surface area contributed by atoms with Gasteiger partial charge in [-0.25, -0.2) is 4.98 Å². The van der Waals surface area contributed by atoms with Crippen LogP contribution in [0.3, 0.4) is 0 Å². The van der Waals surface area contributed by atoms with E-state index >= 15 is 0 Å². The largest absolute Gasteiger partial charge is 0.495 e. The molecule has 2 N–H and O–H groups in total. The summed E-state index contributed by atoms with van der Waals surface area (Å²) in [5, 5.41) is 19.6. The SMILES string of the molecule is COc1ccccc1-n1c(SCC(O)CO)nc2ccccc2c1=O. The lowest BCUT2D eigenvalue weighted by atomic mass is 10.2. The molecule has 25 heavy (non-hydrogen) atoms. The van der Waals surface area contributed by atoms with E-state index in [0.29, 0.717) is 27.5 Å². The quantitative estimate of drug-likeness (QED) is 0.517. The van der Waals surface area contributed by atoms with Crippen LogP contribution in [0.5, 0.6) is 5.75 Å². The molecule has 7 heteroatoms. The molecule has 0 aliphatic rings. The zero-order valence-electron chi connectivity index (χ0n) is 13.6. The standard InChI is InChI=1S/C18H18N2O4S/c1-24-16-9-5-4-8-15(16)20-17(23)13-6-2-3-7-14(13)19-18(20)25-11-12(22)10-21/h2-9,12,21-22H,10-11H2,1H3. The number of nitrogens with zero attached hydrogens (tertiary/aromatic N) is 2. The first-order valence-electron chi connectivity index (χ1n) is 7.72. The van der Waals surface area contributed by atoms with Crippen LogP contribution in [0.25, 0.3) is 16.6 Å². The third-order valence-electron chi connectivity index (χ3n) is 3.69. The Morgan fingerprint density at radius 3 is 2.68 bits per heavy atom. The molecule has 1 unspecified atom stereocenters. The molecule has 0 bridgehead atoms. The van der Waals surface area contributed by atoms with Gasteiger partial charge in [0.15, 0.2) is 5.16 Å². The van der Waals surface area contributed by atoms with Gasteiger partial charge < -0.3 is 14.9 Å². The van der Waals surface area contributed by atoms with Crippen LogP contribution in [0, 0.1) is 0 Å². The van der Waals surface area contributed by atoms with Crippen LogP contribution in [0.1, 0.15) is 0 Å². The van der Waals surface area contributed by atoms with Crippen molar-refractivity contribution in [3.63, 3.8) is 0 Å². The molecular formula is C18H18N2O4S. The Morgan fingerprint density at radius 1 is 1.20 bits per heavy atom. The van der Waals surface area contributed by atoms with E-state index in [-0.39, 0.29) is 17.9 Å². The fraction of sp³-hybridized carbons (Fsp3) is 0.222. The first-order chi connectivity index (χ1) is 12.2. The van der Waals surface area contributed by atoms with Gasteiger partial charge in [0.05, 0.1) is 36.4 Å². The summed E-state index contributed by atoms with van der Waals surface area (Å²) in [5.74, 6) is 0.766. The summed E-state index contributed by atoms with van der Waals surface area (Å²) in [7, 11) is 1.54. The van der Waals surface area contributed by atoms with E-state index in [0.717, 1.165) is 0 Å². The zero-order valence-corrected chi connectivity index (χ0v) is 14.4. The Balaban J connectivity index is 2.23. The van der Waals surface area contributed by atoms with E-state index in [9.17, 15) is 9.90 Å². The van der Waals surface area contributed by atoms with Gasteiger partial charge in [-0.2, -0.15) is 0 Å². The Bertz CT molecular complexity index is 942. The third-order valence-corrected chi connectivity index (χ3v) is 4.77. The second-order valence-corrected chi connectivity index (χ2v) is 6.36. The number of aliphatic hydroxyl groups excluding tert-OH is 2. The van der Waals surface area contributed by atoms with E-state index in [2.05, 4.69) is 4.98 Å².